The highest BCUT2D eigenvalue weighted by atomic mass is 19.2. The fourth-order valence-electron chi connectivity index (χ4n) is 9.65. The molecule has 4 aromatic carbocycles. The number of quaternary nitrogens is 1. The van der Waals surface area contributed by atoms with Crippen LogP contribution in [0.3, 0.4) is 0 Å². The van der Waals surface area contributed by atoms with Crippen molar-refractivity contribution in [3.05, 3.63) is 116 Å². The van der Waals surface area contributed by atoms with Gasteiger partial charge in [-0.1, -0.05) is 26.7 Å². The summed E-state index contributed by atoms with van der Waals surface area (Å²) < 4.78 is 184. The molecule has 2 fully saturated rings. The van der Waals surface area contributed by atoms with E-state index >= 15 is 35.1 Å². The van der Waals surface area contributed by atoms with E-state index in [4.69, 9.17) is 0 Å². The van der Waals surface area contributed by atoms with Crippen molar-refractivity contribution >= 4 is 28.0 Å². The van der Waals surface area contributed by atoms with Crippen molar-refractivity contribution in [2.24, 2.45) is 0 Å². The normalized spacial score (nSPS) is 16.6. The molecular weight excluding hydrogens is 781 g/mol. The average Bonchev–Trinajstić information content (AvgIpc) is 3.18. The van der Waals surface area contributed by atoms with Gasteiger partial charge in [0.2, 0.25) is 0 Å². The molecule has 0 heterocycles. The van der Waals surface area contributed by atoms with Gasteiger partial charge in [0.25, 0.3) is 0 Å². The number of halogens is 12. The summed E-state index contributed by atoms with van der Waals surface area (Å²) in [6.45, 7) is 7.53. The van der Waals surface area contributed by atoms with Crippen LogP contribution in [0.25, 0.3) is 0 Å². The molecular formula is C44H48BF12N. The molecule has 0 amide bonds. The number of nitrogens with two attached hydrogens (primary N) is 1. The van der Waals surface area contributed by atoms with Gasteiger partial charge in [-0.25, -0.2) is 52.7 Å². The lowest BCUT2D eigenvalue weighted by Crippen LogP contribution is -3.06. The van der Waals surface area contributed by atoms with Gasteiger partial charge in [0.15, 0.2) is 0 Å². The van der Waals surface area contributed by atoms with Crippen LogP contribution in [0.15, 0.2) is 24.3 Å². The predicted octanol–water partition coefficient (Wildman–Crippen LogP) is 9.74. The van der Waals surface area contributed by atoms with E-state index in [9.17, 15) is 17.6 Å². The average molecular weight is 830 g/mol. The number of hydrogen-bond donors (Lipinski definition) is 1. The highest BCUT2D eigenvalue weighted by Gasteiger charge is 2.48. The standard InChI is InChI=1S/C28H16BF12.C16H31N/c1-9-13(30)5-17(34)21(25(9)38)29(22-18(35)6-14(31)10(2)26(22)39,23-19(36)7-15(32)11(3)27(23)40)24-20(37)8-16(33)12(4)28(24)41;1-3-15(11-7-5-8-12-15)17-16(4-2)13-9-6-10-14-16/h5-8H,1-4H3;17H,3-14H2,1-2H3/q-1;/p+1. The second-order valence-corrected chi connectivity index (χ2v) is 16.3. The van der Waals surface area contributed by atoms with Gasteiger partial charge in [0.05, 0.1) is 57.6 Å². The van der Waals surface area contributed by atoms with E-state index in [1.165, 1.54) is 77.0 Å². The van der Waals surface area contributed by atoms with Crippen molar-refractivity contribution in [1.29, 1.82) is 0 Å². The number of benzene rings is 4. The molecule has 2 N–H and O–H groups in total. The van der Waals surface area contributed by atoms with Gasteiger partial charge in [0.1, 0.15) is 29.4 Å². The third-order valence-electron chi connectivity index (χ3n) is 13.2. The Balaban J connectivity index is 0.000000313. The second-order valence-electron chi connectivity index (χ2n) is 16.3. The van der Waals surface area contributed by atoms with E-state index in [-0.39, 0.29) is 24.3 Å². The molecule has 1 nitrogen and oxygen atoms in total. The highest BCUT2D eigenvalue weighted by molar-refractivity contribution is 7.20. The van der Waals surface area contributed by atoms with Gasteiger partial charge in [-0.3, -0.25) is 0 Å². The molecule has 0 aliphatic heterocycles. The Labute approximate surface area is 331 Å². The molecule has 0 aromatic heterocycles. The van der Waals surface area contributed by atoms with Crippen molar-refractivity contribution in [1.82, 2.24) is 0 Å². The molecule has 0 atom stereocenters. The van der Waals surface area contributed by atoms with Crippen molar-refractivity contribution in [2.75, 3.05) is 0 Å². The van der Waals surface area contributed by atoms with Crippen LogP contribution in [0.5, 0.6) is 0 Å². The van der Waals surface area contributed by atoms with Crippen LogP contribution >= 0.6 is 0 Å². The zero-order valence-corrected chi connectivity index (χ0v) is 33.5. The van der Waals surface area contributed by atoms with E-state index in [2.05, 4.69) is 19.2 Å². The van der Waals surface area contributed by atoms with Crippen LogP contribution in [0.4, 0.5) is 52.7 Å². The molecule has 0 spiro atoms. The Kier molecular flexibility index (Phi) is 13.5. The molecule has 58 heavy (non-hydrogen) atoms. The van der Waals surface area contributed by atoms with Crippen LogP contribution in [0.2, 0.25) is 0 Å². The minimum absolute atomic E-state index is 0.0746. The van der Waals surface area contributed by atoms with Gasteiger partial charge < -0.3 is 5.32 Å². The molecule has 2 saturated carbocycles. The maximum Gasteiger partial charge on any atom is 0.136 e. The first-order valence-electron chi connectivity index (χ1n) is 19.8. The van der Waals surface area contributed by atoms with Gasteiger partial charge in [-0.15, -0.1) is 21.9 Å². The molecule has 0 unspecified atom stereocenters. The lowest BCUT2D eigenvalue weighted by atomic mass is 9.12. The Bertz CT molecular complexity index is 1910. The van der Waals surface area contributed by atoms with Gasteiger partial charge >= 0.3 is 0 Å². The summed E-state index contributed by atoms with van der Waals surface area (Å²) in [6, 6.07) is -0.298. The van der Waals surface area contributed by atoms with Gasteiger partial charge in [-0.05, 0) is 66.2 Å². The van der Waals surface area contributed by atoms with Crippen molar-refractivity contribution in [3.8, 4) is 0 Å². The molecule has 0 saturated heterocycles. The summed E-state index contributed by atoms with van der Waals surface area (Å²) in [4.78, 5) is 0. The fourth-order valence-corrected chi connectivity index (χ4v) is 9.65. The maximum absolute atomic E-state index is 16.0. The smallest absolute Gasteiger partial charge is 0.136 e. The van der Waals surface area contributed by atoms with Crippen LogP contribution in [-0.2, 0) is 0 Å². The maximum atomic E-state index is 16.0. The minimum Gasteiger partial charge on any atom is -0.337 e. The van der Waals surface area contributed by atoms with Crippen molar-refractivity contribution in [2.45, 2.75) is 130 Å². The predicted molar refractivity (Wildman–Crippen MR) is 203 cm³/mol. The van der Waals surface area contributed by atoms with E-state index in [0.29, 0.717) is 38.8 Å². The lowest BCUT2D eigenvalue weighted by molar-refractivity contribution is -0.796. The zero-order chi connectivity index (χ0) is 43.1. The Morgan fingerprint density at radius 2 is 0.621 bits per heavy atom. The summed E-state index contributed by atoms with van der Waals surface area (Å²) in [6.07, 6.45) is 12.3. The largest absolute Gasteiger partial charge is 0.337 e. The first kappa shape index (κ1) is 45.2. The third kappa shape index (κ3) is 7.78. The van der Waals surface area contributed by atoms with E-state index in [0.717, 1.165) is 0 Å². The molecule has 0 radical (unpaired) electrons. The van der Waals surface area contributed by atoms with E-state index in [1.54, 1.807) is 0 Å². The Morgan fingerprint density at radius 3 is 0.828 bits per heavy atom. The van der Waals surface area contributed by atoms with Crippen LogP contribution in [0.1, 0.15) is 113 Å². The topological polar surface area (TPSA) is 16.6 Å². The fraction of sp³-hybridized carbons (Fsp3) is 0.455. The quantitative estimate of drug-likeness (QED) is 0.135. The molecule has 316 valence electrons. The minimum atomic E-state index is -5.22. The van der Waals surface area contributed by atoms with Crippen molar-refractivity contribution in [3.63, 3.8) is 0 Å². The summed E-state index contributed by atoms with van der Waals surface area (Å²) in [5.41, 5.74) is -10.7. The molecule has 4 aromatic rings. The Hall–Kier alpha value is -3.94. The Morgan fingerprint density at radius 1 is 0.397 bits per heavy atom. The van der Waals surface area contributed by atoms with Gasteiger partial charge in [-0.2, -0.15) is 0 Å². The van der Waals surface area contributed by atoms with Crippen molar-refractivity contribution < 1.29 is 58.0 Å². The monoisotopic (exact) mass is 829 g/mol. The third-order valence-corrected chi connectivity index (χ3v) is 13.2. The first-order valence-corrected chi connectivity index (χ1v) is 19.8. The molecule has 0 bridgehead atoms. The molecule has 2 aliphatic carbocycles. The zero-order valence-electron chi connectivity index (χ0n) is 33.5. The summed E-state index contributed by atoms with van der Waals surface area (Å²) in [7, 11) is 0. The highest BCUT2D eigenvalue weighted by Crippen LogP contribution is 2.33. The number of rotatable bonds is 8. The molecule has 14 heteroatoms. The second kappa shape index (κ2) is 17.3. The summed E-state index contributed by atoms with van der Waals surface area (Å²) in [5.74, 6) is -23.4. The van der Waals surface area contributed by atoms with Crippen LogP contribution < -0.4 is 27.2 Å². The number of hydrogen-bond acceptors (Lipinski definition) is 0. The SMILES string of the molecule is CCC1([NH2+]C2(CC)CCCCC2)CCCCC1.Cc1c(F)cc(F)c([B-](c2c(F)cc(F)c(C)c2F)(c2c(F)cc(F)c(C)c2F)c2c(F)cc(F)c(C)c2F)c1F. The van der Waals surface area contributed by atoms with Gasteiger partial charge in [0, 0.05) is 72.2 Å². The summed E-state index contributed by atoms with van der Waals surface area (Å²) in [5, 5.41) is 2.87. The van der Waals surface area contributed by atoms with Crippen LogP contribution in [-0.4, -0.2) is 17.2 Å². The lowest BCUT2D eigenvalue weighted by Gasteiger charge is -2.45. The first-order chi connectivity index (χ1) is 27.2. The van der Waals surface area contributed by atoms with E-state index in [1.807, 2.05) is 0 Å². The molecule has 2 aliphatic rings. The summed E-state index contributed by atoms with van der Waals surface area (Å²) >= 11 is 0. The van der Waals surface area contributed by atoms with Crippen LogP contribution in [0, 0.1) is 97.5 Å². The molecule has 6 rings (SSSR count). The van der Waals surface area contributed by atoms with E-state index < -0.39 is 120 Å².